The molecule has 2 heterocycles. The first-order valence-corrected chi connectivity index (χ1v) is 7.54. The number of nitrogens with zero attached hydrogens (tertiary/aromatic N) is 3. The maximum atomic E-state index is 11.9. The Morgan fingerprint density at radius 1 is 1.40 bits per heavy atom. The fourth-order valence-corrected chi connectivity index (χ4v) is 2.88. The quantitative estimate of drug-likeness (QED) is 0.810. The summed E-state index contributed by atoms with van der Waals surface area (Å²) in [5.74, 6) is -0.388. The van der Waals surface area contributed by atoms with Gasteiger partial charge in [0.25, 0.3) is 0 Å². The molecule has 110 valence electrons. The third kappa shape index (κ3) is 3.97. The van der Waals surface area contributed by atoms with Crippen LogP contribution in [0.2, 0.25) is 0 Å². The Kier molecular flexibility index (Phi) is 5.02. The highest BCUT2D eigenvalue weighted by molar-refractivity contribution is 7.15. The summed E-state index contributed by atoms with van der Waals surface area (Å²) in [4.78, 5) is 25.0. The van der Waals surface area contributed by atoms with Crippen molar-refractivity contribution >= 4 is 28.3 Å². The second-order valence-electron chi connectivity index (χ2n) is 4.86. The molecule has 3 N–H and O–H groups in total. The minimum Gasteiger partial charge on any atom is -0.369 e. The average Bonchev–Trinajstić information content (AvgIpc) is 2.86. The minimum absolute atomic E-state index is 0.0513. The number of nitrogens with one attached hydrogen (secondary N) is 1. The molecule has 7 nitrogen and oxygen atoms in total. The number of carbonyl (C=O) groups excluding carboxylic acids is 2. The Balaban J connectivity index is 1.76. The first kappa shape index (κ1) is 14.9. The summed E-state index contributed by atoms with van der Waals surface area (Å²) in [5.41, 5.74) is 5.28. The van der Waals surface area contributed by atoms with E-state index in [0.29, 0.717) is 11.7 Å². The molecule has 8 heteroatoms. The number of hydrogen-bond acceptors (Lipinski definition) is 6. The van der Waals surface area contributed by atoms with Gasteiger partial charge in [-0.3, -0.25) is 19.8 Å². The van der Waals surface area contributed by atoms with Crippen molar-refractivity contribution in [3.8, 4) is 0 Å². The van der Waals surface area contributed by atoms with Crippen LogP contribution in [0, 0.1) is 5.92 Å². The van der Waals surface area contributed by atoms with Crippen LogP contribution in [0.3, 0.4) is 0 Å². The Morgan fingerprint density at radius 2 is 2.10 bits per heavy atom. The molecule has 1 aromatic rings. The highest BCUT2D eigenvalue weighted by Gasteiger charge is 2.24. The maximum Gasteiger partial charge on any atom is 0.240 e. The largest absolute Gasteiger partial charge is 0.369 e. The Hall–Kier alpha value is -1.54. The molecule has 1 saturated heterocycles. The predicted octanol–water partition coefficient (Wildman–Crippen LogP) is 0.236. The summed E-state index contributed by atoms with van der Waals surface area (Å²) in [7, 11) is 0. The summed E-state index contributed by atoms with van der Waals surface area (Å²) in [6.07, 6.45) is 2.26. The molecule has 0 aliphatic carbocycles. The monoisotopic (exact) mass is 297 g/mol. The molecule has 2 amide bonds. The molecule has 0 atom stereocenters. The fourth-order valence-electron chi connectivity index (χ4n) is 2.18. The highest BCUT2D eigenvalue weighted by Crippen LogP contribution is 2.17. The number of carbonyl (C=O) groups is 2. The summed E-state index contributed by atoms with van der Waals surface area (Å²) in [6.45, 7) is 3.75. The van der Waals surface area contributed by atoms with Gasteiger partial charge in [-0.15, -0.1) is 10.2 Å². The zero-order valence-corrected chi connectivity index (χ0v) is 12.3. The van der Waals surface area contributed by atoms with Crippen LogP contribution >= 0.6 is 11.3 Å². The van der Waals surface area contributed by atoms with Gasteiger partial charge in [-0.1, -0.05) is 18.3 Å². The van der Waals surface area contributed by atoms with Crippen LogP contribution in [0.1, 0.15) is 24.8 Å². The van der Waals surface area contributed by atoms with Crippen LogP contribution in [-0.2, 0) is 16.0 Å². The lowest BCUT2D eigenvalue weighted by Crippen LogP contribution is -2.42. The van der Waals surface area contributed by atoms with Crippen molar-refractivity contribution in [2.24, 2.45) is 11.7 Å². The van der Waals surface area contributed by atoms with E-state index in [1.165, 1.54) is 11.3 Å². The average molecular weight is 297 g/mol. The second kappa shape index (κ2) is 6.76. The summed E-state index contributed by atoms with van der Waals surface area (Å²) in [6, 6.07) is 0. The number of anilines is 1. The number of primary amides is 1. The first-order valence-electron chi connectivity index (χ1n) is 6.72. The van der Waals surface area contributed by atoms with Crippen molar-refractivity contribution in [1.82, 2.24) is 15.1 Å². The normalized spacial score (nSPS) is 17.1. The Labute approximate surface area is 121 Å². The number of aromatic nitrogens is 2. The van der Waals surface area contributed by atoms with Crippen molar-refractivity contribution in [2.45, 2.75) is 26.2 Å². The molecule has 0 bridgehead atoms. The van der Waals surface area contributed by atoms with Gasteiger partial charge < -0.3 is 5.73 Å². The summed E-state index contributed by atoms with van der Waals surface area (Å²) >= 11 is 1.39. The predicted molar refractivity (Wildman–Crippen MR) is 76.3 cm³/mol. The number of aryl methyl sites for hydroxylation is 1. The number of nitrogens with two attached hydrogens (primary N) is 1. The molecular weight excluding hydrogens is 278 g/mol. The van der Waals surface area contributed by atoms with Gasteiger partial charge in [0, 0.05) is 5.92 Å². The highest BCUT2D eigenvalue weighted by atomic mass is 32.1. The van der Waals surface area contributed by atoms with E-state index in [1.807, 2.05) is 11.8 Å². The van der Waals surface area contributed by atoms with Gasteiger partial charge in [0.2, 0.25) is 16.9 Å². The number of piperidine rings is 1. The molecule has 0 aromatic carbocycles. The number of hydrogen-bond donors (Lipinski definition) is 2. The van der Waals surface area contributed by atoms with Crippen LogP contribution in [0.5, 0.6) is 0 Å². The number of likely N-dealkylation sites (tertiary alicyclic amines) is 1. The van der Waals surface area contributed by atoms with Crippen molar-refractivity contribution in [1.29, 1.82) is 0 Å². The van der Waals surface area contributed by atoms with E-state index in [4.69, 9.17) is 5.73 Å². The second-order valence-corrected chi connectivity index (χ2v) is 5.92. The molecular formula is C12H19N5O2S. The smallest absolute Gasteiger partial charge is 0.240 e. The SMILES string of the molecule is CCc1nnc(NC(=O)CN2CCC(C(N)=O)CC2)s1. The molecule has 0 saturated carbocycles. The summed E-state index contributed by atoms with van der Waals surface area (Å²) < 4.78 is 0. The molecule has 0 radical (unpaired) electrons. The third-order valence-corrected chi connectivity index (χ3v) is 4.36. The lowest BCUT2D eigenvalue weighted by atomic mass is 9.96. The van der Waals surface area contributed by atoms with Crippen molar-refractivity contribution in [3.05, 3.63) is 5.01 Å². The van der Waals surface area contributed by atoms with Crippen LogP contribution < -0.4 is 11.1 Å². The van der Waals surface area contributed by atoms with Gasteiger partial charge >= 0.3 is 0 Å². The lowest BCUT2D eigenvalue weighted by molar-refractivity contribution is -0.123. The van der Waals surface area contributed by atoms with Crippen LogP contribution in [0.4, 0.5) is 5.13 Å². The molecule has 1 aliphatic heterocycles. The van der Waals surface area contributed by atoms with Crippen molar-refractivity contribution in [3.63, 3.8) is 0 Å². The Morgan fingerprint density at radius 3 is 2.65 bits per heavy atom. The van der Waals surface area contributed by atoms with Gasteiger partial charge in [0.15, 0.2) is 0 Å². The number of amides is 2. The van der Waals surface area contributed by atoms with E-state index in [2.05, 4.69) is 15.5 Å². The molecule has 1 aliphatic rings. The molecule has 1 fully saturated rings. The fraction of sp³-hybridized carbons (Fsp3) is 0.667. The molecule has 0 spiro atoms. The third-order valence-electron chi connectivity index (χ3n) is 3.37. The topological polar surface area (TPSA) is 101 Å². The zero-order valence-electron chi connectivity index (χ0n) is 11.5. The zero-order chi connectivity index (χ0) is 14.5. The summed E-state index contributed by atoms with van der Waals surface area (Å²) in [5, 5.41) is 12.1. The van der Waals surface area contributed by atoms with Crippen LogP contribution in [0.15, 0.2) is 0 Å². The van der Waals surface area contributed by atoms with E-state index in [9.17, 15) is 9.59 Å². The first-order chi connectivity index (χ1) is 9.58. The van der Waals surface area contributed by atoms with Gasteiger partial charge in [0.1, 0.15) is 5.01 Å². The van der Waals surface area contributed by atoms with Gasteiger partial charge in [-0.05, 0) is 32.4 Å². The van der Waals surface area contributed by atoms with E-state index in [0.717, 1.165) is 37.4 Å². The van der Waals surface area contributed by atoms with E-state index in [-0.39, 0.29) is 17.7 Å². The van der Waals surface area contributed by atoms with Gasteiger partial charge in [-0.2, -0.15) is 0 Å². The molecule has 0 unspecified atom stereocenters. The van der Waals surface area contributed by atoms with Crippen LogP contribution in [-0.4, -0.2) is 46.5 Å². The standard InChI is InChI=1S/C12H19N5O2S/c1-2-10-15-16-12(20-10)14-9(18)7-17-5-3-8(4-6-17)11(13)19/h8H,2-7H2,1H3,(H2,13,19)(H,14,16,18). The van der Waals surface area contributed by atoms with Gasteiger partial charge in [-0.25, -0.2) is 0 Å². The Bertz CT molecular complexity index is 482. The van der Waals surface area contributed by atoms with Crippen LogP contribution in [0.25, 0.3) is 0 Å². The minimum atomic E-state index is -0.241. The van der Waals surface area contributed by atoms with Gasteiger partial charge in [0.05, 0.1) is 6.54 Å². The van der Waals surface area contributed by atoms with E-state index < -0.39 is 0 Å². The van der Waals surface area contributed by atoms with Crippen molar-refractivity contribution < 1.29 is 9.59 Å². The maximum absolute atomic E-state index is 11.9. The van der Waals surface area contributed by atoms with Crippen molar-refractivity contribution in [2.75, 3.05) is 25.0 Å². The lowest BCUT2D eigenvalue weighted by Gasteiger charge is -2.29. The van der Waals surface area contributed by atoms with E-state index >= 15 is 0 Å². The number of rotatable bonds is 5. The van der Waals surface area contributed by atoms with E-state index in [1.54, 1.807) is 0 Å². The molecule has 2 rings (SSSR count). The molecule has 20 heavy (non-hydrogen) atoms. The molecule has 1 aromatic heterocycles.